The molecule has 0 aromatic rings. The lowest BCUT2D eigenvalue weighted by Gasteiger charge is -2.38. The average Bonchev–Trinajstić information content (AvgIpc) is 2.86. The summed E-state index contributed by atoms with van der Waals surface area (Å²) in [6.07, 6.45) is -2.96. The minimum Gasteiger partial charge on any atom is -0.388 e. The third kappa shape index (κ3) is 6.40. The Bertz CT molecular complexity index is 676. The predicted octanol–water partition coefficient (Wildman–Crippen LogP) is 1.65. The van der Waals surface area contributed by atoms with Crippen molar-refractivity contribution in [1.82, 2.24) is 0 Å². The van der Waals surface area contributed by atoms with Gasteiger partial charge in [-0.25, -0.2) is 0 Å². The molecule has 0 aromatic carbocycles. The molecule has 0 spiro atoms. The fourth-order valence-electron chi connectivity index (χ4n) is 3.30. The molecule has 1 fully saturated rings. The van der Waals surface area contributed by atoms with E-state index in [1.807, 2.05) is 6.92 Å². The minimum absolute atomic E-state index is 0.0179. The lowest BCUT2D eigenvalue weighted by molar-refractivity contribution is -0.0332. The summed E-state index contributed by atoms with van der Waals surface area (Å²) in [5.41, 5.74) is -1.67. The molecule has 0 bridgehead atoms. The Balaban J connectivity index is 2.92. The Kier molecular flexibility index (Phi) is 9.45. The van der Waals surface area contributed by atoms with E-state index in [1.54, 1.807) is 28.6 Å². The molecule has 12 heteroatoms. The van der Waals surface area contributed by atoms with E-state index in [1.165, 1.54) is 20.5 Å². The molecule has 1 rings (SSSR count). The first-order valence-corrected chi connectivity index (χ1v) is 14.2. The van der Waals surface area contributed by atoms with Crippen LogP contribution in [0.5, 0.6) is 0 Å². The Labute approximate surface area is 180 Å². The van der Waals surface area contributed by atoms with E-state index in [-0.39, 0.29) is 12.8 Å². The molecular formula is C18H39BO9P2. The van der Waals surface area contributed by atoms with Gasteiger partial charge in [0, 0.05) is 13.1 Å². The summed E-state index contributed by atoms with van der Waals surface area (Å²) in [6, 6.07) is -0.517. The summed E-state index contributed by atoms with van der Waals surface area (Å²) in [4.78, 5) is 10.2. The first kappa shape index (κ1) is 28.3. The molecular weight excluding hydrogens is 433 g/mol. The first-order chi connectivity index (χ1) is 13.4. The molecule has 0 aromatic heterocycles. The van der Waals surface area contributed by atoms with Crippen LogP contribution in [-0.4, -0.2) is 81.7 Å². The zero-order valence-corrected chi connectivity index (χ0v) is 21.1. The lowest BCUT2D eigenvalue weighted by Crippen LogP contribution is -2.39. The van der Waals surface area contributed by atoms with Crippen molar-refractivity contribution in [3.05, 3.63) is 0 Å². The molecule has 1 aliphatic heterocycles. The first-order valence-electron chi connectivity index (χ1n) is 10.5. The SMILES string of the molecule is B[C@@H]1O[C@H](CC(C)(CC)OP(C)(=O)[C@@H](C)C(C)OP(=O)(O)C(C)(O)CC)[C@@H](O)[C@H]1O. The van der Waals surface area contributed by atoms with Crippen LogP contribution < -0.4 is 0 Å². The fourth-order valence-corrected chi connectivity index (χ4v) is 6.73. The molecule has 1 aliphatic rings. The number of ether oxygens (including phenoxy) is 1. The second-order valence-corrected chi connectivity index (χ2v) is 14.0. The molecule has 0 amide bonds. The highest BCUT2D eigenvalue weighted by molar-refractivity contribution is 7.59. The van der Waals surface area contributed by atoms with Crippen molar-refractivity contribution in [3.63, 3.8) is 0 Å². The third-order valence-corrected chi connectivity index (χ3v) is 11.2. The van der Waals surface area contributed by atoms with Crippen molar-refractivity contribution in [1.29, 1.82) is 0 Å². The van der Waals surface area contributed by atoms with E-state index >= 15 is 0 Å². The smallest absolute Gasteiger partial charge is 0.359 e. The number of rotatable bonds is 11. The molecule has 4 N–H and O–H groups in total. The number of aliphatic hydroxyl groups is 3. The van der Waals surface area contributed by atoms with Crippen molar-refractivity contribution in [2.45, 2.75) is 108 Å². The highest BCUT2D eigenvalue weighted by Crippen LogP contribution is 2.60. The Morgan fingerprint density at radius 3 is 2.07 bits per heavy atom. The second kappa shape index (κ2) is 10.0. The van der Waals surface area contributed by atoms with Crippen LogP contribution in [0.2, 0.25) is 0 Å². The maximum atomic E-state index is 13.4. The summed E-state index contributed by atoms with van der Waals surface area (Å²) in [5, 5.41) is 28.4. The van der Waals surface area contributed by atoms with Gasteiger partial charge in [-0.2, -0.15) is 0 Å². The van der Waals surface area contributed by atoms with Crippen molar-refractivity contribution >= 4 is 22.8 Å². The molecule has 1 heterocycles. The molecule has 0 radical (unpaired) electrons. The molecule has 0 saturated carbocycles. The zero-order chi connectivity index (χ0) is 23.7. The van der Waals surface area contributed by atoms with E-state index in [9.17, 15) is 29.3 Å². The summed E-state index contributed by atoms with van der Waals surface area (Å²) in [6.45, 7) is 11.0. The van der Waals surface area contributed by atoms with Gasteiger partial charge in [-0.05, 0) is 33.6 Å². The maximum Gasteiger partial charge on any atom is 0.359 e. The normalized spacial score (nSPS) is 34.9. The van der Waals surface area contributed by atoms with Gasteiger partial charge in [0.05, 0.1) is 29.5 Å². The molecule has 30 heavy (non-hydrogen) atoms. The van der Waals surface area contributed by atoms with Gasteiger partial charge in [0.1, 0.15) is 20.1 Å². The van der Waals surface area contributed by atoms with E-state index in [0.717, 1.165) is 0 Å². The van der Waals surface area contributed by atoms with Crippen LogP contribution in [-0.2, 0) is 22.9 Å². The lowest BCUT2D eigenvalue weighted by atomic mass is 9.90. The summed E-state index contributed by atoms with van der Waals surface area (Å²) in [5.74, 6) is 0. The van der Waals surface area contributed by atoms with Crippen LogP contribution in [0.3, 0.4) is 0 Å². The van der Waals surface area contributed by atoms with Crippen molar-refractivity contribution in [2.24, 2.45) is 0 Å². The Morgan fingerprint density at radius 1 is 1.13 bits per heavy atom. The van der Waals surface area contributed by atoms with Crippen LogP contribution in [0.1, 0.15) is 60.8 Å². The van der Waals surface area contributed by atoms with E-state index in [2.05, 4.69) is 0 Å². The molecule has 9 nitrogen and oxygen atoms in total. The number of aliphatic hydroxyl groups excluding tert-OH is 2. The van der Waals surface area contributed by atoms with Crippen LogP contribution >= 0.6 is 15.0 Å². The molecule has 5 unspecified atom stereocenters. The van der Waals surface area contributed by atoms with Crippen LogP contribution in [0.4, 0.5) is 0 Å². The third-order valence-electron chi connectivity index (χ3n) is 6.39. The van der Waals surface area contributed by atoms with Gasteiger partial charge < -0.3 is 34.0 Å². The average molecular weight is 472 g/mol. The van der Waals surface area contributed by atoms with Gasteiger partial charge in [0.2, 0.25) is 7.37 Å². The number of hydrogen-bond acceptors (Lipinski definition) is 8. The van der Waals surface area contributed by atoms with Gasteiger partial charge in [-0.1, -0.05) is 20.8 Å². The molecule has 1 saturated heterocycles. The van der Waals surface area contributed by atoms with Gasteiger partial charge in [0.15, 0.2) is 5.34 Å². The molecule has 10 atom stereocenters. The monoisotopic (exact) mass is 472 g/mol. The minimum atomic E-state index is -4.38. The second-order valence-electron chi connectivity index (χ2n) is 9.01. The molecule has 0 aliphatic carbocycles. The van der Waals surface area contributed by atoms with Crippen LogP contribution in [0, 0.1) is 0 Å². The van der Waals surface area contributed by atoms with Crippen molar-refractivity contribution in [3.8, 4) is 0 Å². The van der Waals surface area contributed by atoms with E-state index < -0.39 is 62.0 Å². The van der Waals surface area contributed by atoms with Gasteiger partial charge in [-0.15, -0.1) is 0 Å². The van der Waals surface area contributed by atoms with Gasteiger partial charge in [-0.3, -0.25) is 9.13 Å². The number of hydrogen-bond donors (Lipinski definition) is 4. The van der Waals surface area contributed by atoms with E-state index in [4.69, 9.17) is 13.8 Å². The van der Waals surface area contributed by atoms with Crippen LogP contribution in [0.25, 0.3) is 0 Å². The van der Waals surface area contributed by atoms with Crippen molar-refractivity contribution in [2.75, 3.05) is 6.66 Å². The fraction of sp³-hybridized carbons (Fsp3) is 1.00. The van der Waals surface area contributed by atoms with Gasteiger partial charge >= 0.3 is 7.60 Å². The van der Waals surface area contributed by atoms with Gasteiger partial charge in [0.25, 0.3) is 0 Å². The standard InChI is InChI=1S/C18H39BO9P2/c1-8-17(5,10-13-14(20)15(21)16(19)26-13)28-29(7,23)12(4)11(3)27-30(24,25)18(6,22)9-2/h11-16,20-22H,8-10,19H2,1-7H3,(H,24,25)/t11?,12-,13+,14+,15+,16+,17?,18?,29?/m0/s1. The Hall–Kier alpha value is 0.245. The van der Waals surface area contributed by atoms with Crippen molar-refractivity contribution < 1.29 is 43.1 Å². The highest BCUT2D eigenvalue weighted by atomic mass is 31.2. The largest absolute Gasteiger partial charge is 0.388 e. The van der Waals surface area contributed by atoms with E-state index in [0.29, 0.717) is 6.42 Å². The summed E-state index contributed by atoms with van der Waals surface area (Å²) in [7, 11) is -6.08. The zero-order valence-electron chi connectivity index (χ0n) is 19.3. The van der Waals surface area contributed by atoms with Crippen LogP contribution in [0.15, 0.2) is 0 Å². The topological polar surface area (TPSA) is 143 Å². The quantitative estimate of drug-likeness (QED) is 0.261. The molecule has 178 valence electrons. The summed E-state index contributed by atoms with van der Waals surface area (Å²) < 4.78 is 42.8. The summed E-state index contributed by atoms with van der Waals surface area (Å²) >= 11 is 0. The predicted molar refractivity (Wildman–Crippen MR) is 118 cm³/mol. The highest BCUT2D eigenvalue weighted by Gasteiger charge is 2.48. The Morgan fingerprint density at radius 2 is 1.67 bits per heavy atom. The maximum absolute atomic E-state index is 13.4.